The fourth-order valence-corrected chi connectivity index (χ4v) is 4.57. The van der Waals surface area contributed by atoms with Crippen molar-refractivity contribution in [2.75, 3.05) is 26.9 Å². The molecule has 0 aliphatic rings. The molecule has 2 heterocycles. The summed E-state index contributed by atoms with van der Waals surface area (Å²) >= 11 is 1.40. The van der Waals surface area contributed by atoms with Gasteiger partial charge in [-0.2, -0.15) is 0 Å². The van der Waals surface area contributed by atoms with Crippen molar-refractivity contribution in [1.29, 1.82) is 0 Å². The van der Waals surface area contributed by atoms with Crippen molar-refractivity contribution in [2.24, 2.45) is 0 Å². The number of rotatable bonds is 10. The first-order chi connectivity index (χ1) is 16.1. The smallest absolute Gasteiger partial charge is 0.259 e. The third-order valence-corrected chi connectivity index (χ3v) is 6.06. The second-order valence-electron chi connectivity index (χ2n) is 7.61. The normalized spacial score (nSPS) is 11.4. The van der Waals surface area contributed by atoms with Gasteiger partial charge >= 0.3 is 0 Å². The van der Waals surface area contributed by atoms with Crippen LogP contribution in [0.25, 0.3) is 16.2 Å². The Morgan fingerprint density at radius 1 is 1.09 bits per heavy atom. The van der Waals surface area contributed by atoms with E-state index < -0.39 is 0 Å². The lowest BCUT2D eigenvalue weighted by Crippen LogP contribution is -2.28. The highest BCUT2D eigenvalue weighted by molar-refractivity contribution is 7.15. The number of hydrogen-bond donors (Lipinski definition) is 0. The highest BCUT2D eigenvalue weighted by atomic mass is 32.1. The van der Waals surface area contributed by atoms with Crippen LogP contribution in [0.4, 0.5) is 4.39 Å². The Kier molecular flexibility index (Phi) is 7.49. The molecule has 0 amide bonds. The van der Waals surface area contributed by atoms with Crippen molar-refractivity contribution < 1.29 is 13.9 Å². The van der Waals surface area contributed by atoms with Crippen molar-refractivity contribution in [3.63, 3.8) is 0 Å². The van der Waals surface area contributed by atoms with E-state index in [1.807, 2.05) is 36.6 Å². The van der Waals surface area contributed by atoms with Crippen molar-refractivity contribution >= 4 is 16.3 Å². The molecule has 0 N–H and O–H groups in total. The standard InChI is InChI=1S/C25H26FN3O3S/c1-3-32-22-10-4-18(5-11-22)15-28(12-13-31-2)16-21-14-24(30)29-23(17-33-25(29)27-21)19-6-8-20(26)9-7-19/h4-11,14,17H,3,12-13,15-16H2,1-2H3. The lowest BCUT2D eigenvalue weighted by molar-refractivity contribution is 0.139. The molecule has 0 unspecified atom stereocenters. The minimum atomic E-state index is -0.310. The third kappa shape index (κ3) is 5.65. The van der Waals surface area contributed by atoms with Crippen LogP contribution in [0.2, 0.25) is 0 Å². The van der Waals surface area contributed by atoms with Crippen LogP contribution in [0.5, 0.6) is 5.75 Å². The van der Waals surface area contributed by atoms with Gasteiger partial charge in [0, 0.05) is 38.2 Å². The largest absolute Gasteiger partial charge is 0.494 e. The first kappa shape index (κ1) is 23.1. The highest BCUT2D eigenvalue weighted by Crippen LogP contribution is 2.24. The Labute approximate surface area is 195 Å². The average Bonchev–Trinajstić information content (AvgIpc) is 3.24. The van der Waals surface area contributed by atoms with E-state index in [0.717, 1.165) is 16.9 Å². The number of benzene rings is 2. The molecule has 2 aromatic heterocycles. The van der Waals surface area contributed by atoms with E-state index in [9.17, 15) is 9.18 Å². The zero-order valence-electron chi connectivity index (χ0n) is 18.7. The minimum absolute atomic E-state index is 0.150. The maximum Gasteiger partial charge on any atom is 0.259 e. The van der Waals surface area contributed by atoms with Crippen LogP contribution in [-0.4, -0.2) is 41.2 Å². The molecule has 8 heteroatoms. The average molecular weight is 468 g/mol. The summed E-state index contributed by atoms with van der Waals surface area (Å²) in [5.74, 6) is 0.536. The SMILES string of the molecule is CCOc1ccc(CN(CCOC)Cc2cc(=O)n3c(-c4ccc(F)cc4)csc3n2)cc1. The molecule has 0 radical (unpaired) electrons. The quantitative estimate of drug-likeness (QED) is 0.341. The number of fused-ring (bicyclic) bond motifs is 1. The van der Waals surface area contributed by atoms with Crippen molar-refractivity contribution in [3.05, 3.63) is 87.4 Å². The van der Waals surface area contributed by atoms with Gasteiger partial charge in [-0.1, -0.05) is 12.1 Å². The molecule has 0 atom stereocenters. The summed E-state index contributed by atoms with van der Waals surface area (Å²) in [4.78, 5) is 20.5. The molecule has 0 bridgehead atoms. The summed E-state index contributed by atoms with van der Waals surface area (Å²) in [6, 6.07) is 15.7. The molecule has 4 rings (SSSR count). The number of aromatic nitrogens is 2. The molecular formula is C25H26FN3O3S. The van der Waals surface area contributed by atoms with E-state index in [-0.39, 0.29) is 11.4 Å². The van der Waals surface area contributed by atoms with Crippen LogP contribution < -0.4 is 10.3 Å². The van der Waals surface area contributed by atoms with Crippen LogP contribution in [0.1, 0.15) is 18.2 Å². The summed E-state index contributed by atoms with van der Waals surface area (Å²) in [6.07, 6.45) is 0. The zero-order chi connectivity index (χ0) is 23.2. The van der Waals surface area contributed by atoms with Gasteiger partial charge in [0.25, 0.3) is 5.56 Å². The lowest BCUT2D eigenvalue weighted by atomic mass is 10.2. The van der Waals surface area contributed by atoms with Gasteiger partial charge in [-0.05, 0) is 54.4 Å². The molecular weight excluding hydrogens is 441 g/mol. The number of ether oxygens (including phenoxy) is 2. The van der Waals surface area contributed by atoms with E-state index in [0.29, 0.717) is 49.2 Å². The van der Waals surface area contributed by atoms with Gasteiger partial charge in [-0.15, -0.1) is 11.3 Å². The van der Waals surface area contributed by atoms with Gasteiger partial charge < -0.3 is 9.47 Å². The predicted octanol–water partition coefficient (Wildman–Crippen LogP) is 4.61. The molecule has 0 aliphatic heterocycles. The van der Waals surface area contributed by atoms with Crippen LogP contribution in [0.3, 0.4) is 0 Å². The number of hydrogen-bond acceptors (Lipinski definition) is 6. The predicted molar refractivity (Wildman–Crippen MR) is 128 cm³/mol. The van der Waals surface area contributed by atoms with Crippen LogP contribution >= 0.6 is 11.3 Å². The van der Waals surface area contributed by atoms with E-state index >= 15 is 0 Å². The number of halogens is 1. The van der Waals surface area contributed by atoms with E-state index in [1.165, 1.54) is 23.5 Å². The van der Waals surface area contributed by atoms with E-state index in [1.54, 1.807) is 29.7 Å². The first-order valence-corrected chi connectivity index (χ1v) is 11.6. The van der Waals surface area contributed by atoms with Gasteiger partial charge in [-0.25, -0.2) is 9.37 Å². The Hall–Kier alpha value is -3.07. The molecule has 33 heavy (non-hydrogen) atoms. The molecule has 172 valence electrons. The number of methoxy groups -OCH3 is 1. The van der Waals surface area contributed by atoms with E-state index in [4.69, 9.17) is 14.5 Å². The Bertz CT molecular complexity index is 1250. The molecule has 0 saturated carbocycles. The van der Waals surface area contributed by atoms with Gasteiger partial charge in [0.1, 0.15) is 11.6 Å². The fourth-order valence-electron chi connectivity index (χ4n) is 3.65. The summed E-state index contributed by atoms with van der Waals surface area (Å²) in [5, 5.41) is 1.88. The molecule has 6 nitrogen and oxygen atoms in total. The Morgan fingerprint density at radius 3 is 2.55 bits per heavy atom. The second kappa shape index (κ2) is 10.7. The van der Waals surface area contributed by atoms with Crippen LogP contribution in [0.15, 0.2) is 64.8 Å². The first-order valence-electron chi connectivity index (χ1n) is 10.8. The topological polar surface area (TPSA) is 56.1 Å². The summed E-state index contributed by atoms with van der Waals surface area (Å²) < 4.78 is 25.7. The molecule has 0 aliphatic carbocycles. The summed E-state index contributed by atoms with van der Waals surface area (Å²) in [6.45, 7) is 5.09. The van der Waals surface area contributed by atoms with Crippen LogP contribution in [-0.2, 0) is 17.8 Å². The second-order valence-corrected chi connectivity index (χ2v) is 8.45. The van der Waals surface area contributed by atoms with Crippen molar-refractivity contribution in [1.82, 2.24) is 14.3 Å². The molecule has 0 spiro atoms. The van der Waals surface area contributed by atoms with Crippen molar-refractivity contribution in [2.45, 2.75) is 20.0 Å². The Balaban J connectivity index is 1.57. The van der Waals surface area contributed by atoms with Gasteiger partial charge in [0.15, 0.2) is 4.96 Å². The van der Waals surface area contributed by atoms with Crippen molar-refractivity contribution in [3.8, 4) is 17.0 Å². The minimum Gasteiger partial charge on any atom is -0.494 e. The highest BCUT2D eigenvalue weighted by Gasteiger charge is 2.14. The summed E-state index contributed by atoms with van der Waals surface area (Å²) in [7, 11) is 1.67. The van der Waals surface area contributed by atoms with E-state index in [2.05, 4.69) is 4.90 Å². The van der Waals surface area contributed by atoms with Gasteiger partial charge in [0.2, 0.25) is 0 Å². The summed E-state index contributed by atoms with van der Waals surface area (Å²) in [5.41, 5.74) is 3.18. The lowest BCUT2D eigenvalue weighted by Gasteiger charge is -2.22. The molecule has 4 aromatic rings. The van der Waals surface area contributed by atoms with Gasteiger partial charge in [-0.3, -0.25) is 14.1 Å². The monoisotopic (exact) mass is 467 g/mol. The molecule has 2 aromatic carbocycles. The zero-order valence-corrected chi connectivity index (χ0v) is 19.5. The number of thiazole rings is 1. The number of nitrogens with zero attached hydrogens (tertiary/aromatic N) is 3. The van der Waals surface area contributed by atoms with Crippen LogP contribution in [0, 0.1) is 5.82 Å². The Morgan fingerprint density at radius 2 is 1.85 bits per heavy atom. The maximum atomic E-state index is 13.3. The van der Waals surface area contributed by atoms with Gasteiger partial charge in [0.05, 0.1) is 24.6 Å². The molecule has 0 saturated heterocycles. The fraction of sp³-hybridized carbons (Fsp3) is 0.280. The third-order valence-electron chi connectivity index (χ3n) is 5.24. The molecule has 0 fully saturated rings. The maximum absolute atomic E-state index is 13.3.